The summed E-state index contributed by atoms with van der Waals surface area (Å²) in [7, 11) is 0. The molecule has 3 nitrogen and oxygen atoms in total. The van der Waals surface area contributed by atoms with Gasteiger partial charge in [0.25, 0.3) is 0 Å². The number of hydrogen-bond acceptors (Lipinski definition) is 2. The highest BCUT2D eigenvalue weighted by Crippen LogP contribution is 2.51. The van der Waals surface area contributed by atoms with E-state index in [0.717, 1.165) is 25.9 Å². The number of aliphatic carboxylic acids is 1. The van der Waals surface area contributed by atoms with E-state index < -0.39 is 5.97 Å². The molecule has 0 unspecified atom stereocenters. The number of carboxylic acids is 1. The lowest BCUT2D eigenvalue weighted by Crippen LogP contribution is -2.22. The highest BCUT2D eigenvalue weighted by Gasteiger charge is 2.45. The molecule has 0 spiro atoms. The first-order chi connectivity index (χ1) is 8.61. The third kappa shape index (κ3) is 2.50. The van der Waals surface area contributed by atoms with Crippen molar-refractivity contribution in [1.82, 2.24) is 0 Å². The van der Waals surface area contributed by atoms with Crippen LogP contribution in [0.3, 0.4) is 0 Å². The van der Waals surface area contributed by atoms with Crippen molar-refractivity contribution in [3.63, 3.8) is 0 Å². The van der Waals surface area contributed by atoms with Crippen molar-refractivity contribution in [1.29, 1.82) is 0 Å². The fraction of sp³-hybridized carbons (Fsp3) is 0.533. The summed E-state index contributed by atoms with van der Waals surface area (Å²) < 4.78 is 0. The molecular formula is C15H21NO2. The first-order valence-electron chi connectivity index (χ1n) is 6.68. The second kappa shape index (κ2) is 5.01. The van der Waals surface area contributed by atoms with Crippen LogP contribution in [0.2, 0.25) is 0 Å². The molecule has 0 heterocycles. The van der Waals surface area contributed by atoms with Crippen molar-refractivity contribution in [2.24, 2.45) is 0 Å². The zero-order valence-electron chi connectivity index (χ0n) is 11.1. The lowest BCUT2D eigenvalue weighted by atomic mass is 9.92. The minimum atomic E-state index is -0.694. The number of rotatable bonds is 6. The van der Waals surface area contributed by atoms with Gasteiger partial charge in [-0.1, -0.05) is 12.1 Å². The van der Waals surface area contributed by atoms with Gasteiger partial charge in [-0.15, -0.1) is 0 Å². The summed E-state index contributed by atoms with van der Waals surface area (Å²) in [5, 5.41) is 8.96. The van der Waals surface area contributed by atoms with Crippen LogP contribution >= 0.6 is 0 Å². The maximum absolute atomic E-state index is 10.9. The molecule has 2 rings (SSSR count). The Balaban J connectivity index is 2.15. The van der Waals surface area contributed by atoms with Gasteiger partial charge in [0.05, 0.1) is 6.42 Å². The average molecular weight is 247 g/mol. The van der Waals surface area contributed by atoms with Crippen LogP contribution in [0.1, 0.15) is 38.7 Å². The first kappa shape index (κ1) is 12.9. The minimum Gasteiger partial charge on any atom is -0.481 e. The highest BCUT2D eigenvalue weighted by molar-refractivity contribution is 5.70. The summed E-state index contributed by atoms with van der Waals surface area (Å²) in [4.78, 5) is 13.2. The van der Waals surface area contributed by atoms with Gasteiger partial charge < -0.3 is 10.0 Å². The topological polar surface area (TPSA) is 40.5 Å². The predicted molar refractivity (Wildman–Crippen MR) is 73.2 cm³/mol. The number of carbonyl (C=O) groups is 1. The van der Waals surface area contributed by atoms with E-state index in [4.69, 9.17) is 5.11 Å². The van der Waals surface area contributed by atoms with Gasteiger partial charge in [0.15, 0.2) is 0 Å². The Bertz CT molecular complexity index is 417. The number of anilines is 1. The normalized spacial score (nSPS) is 16.3. The average Bonchev–Trinajstić information content (AvgIpc) is 3.11. The molecule has 0 aliphatic heterocycles. The number of carboxylic acid groups (broad SMARTS) is 1. The Morgan fingerprint density at radius 1 is 1.22 bits per heavy atom. The summed E-state index contributed by atoms with van der Waals surface area (Å²) in [5.41, 5.74) is 2.32. The fourth-order valence-electron chi connectivity index (χ4n) is 2.62. The van der Waals surface area contributed by atoms with Crippen LogP contribution in [-0.2, 0) is 10.2 Å². The van der Waals surface area contributed by atoms with Crippen LogP contribution < -0.4 is 4.90 Å². The van der Waals surface area contributed by atoms with Crippen molar-refractivity contribution in [3.05, 3.63) is 29.8 Å². The third-order valence-electron chi connectivity index (χ3n) is 3.95. The van der Waals surface area contributed by atoms with E-state index in [1.165, 1.54) is 11.3 Å². The molecule has 0 aromatic heterocycles. The maximum atomic E-state index is 10.9. The molecule has 1 aliphatic carbocycles. The number of hydrogen-bond donors (Lipinski definition) is 1. The maximum Gasteiger partial charge on any atom is 0.304 e. The van der Waals surface area contributed by atoms with Gasteiger partial charge in [0, 0.05) is 24.2 Å². The molecular weight excluding hydrogens is 226 g/mol. The largest absolute Gasteiger partial charge is 0.481 e. The van der Waals surface area contributed by atoms with Gasteiger partial charge in [0.1, 0.15) is 0 Å². The van der Waals surface area contributed by atoms with E-state index in [0.29, 0.717) is 0 Å². The standard InChI is InChI=1S/C15H21NO2/c1-3-16(4-2)13-7-5-12(6-8-13)15(9-10-15)11-14(17)18/h5-8H,3-4,9-11H2,1-2H3,(H,17,18). The molecule has 0 radical (unpaired) electrons. The molecule has 98 valence electrons. The van der Waals surface area contributed by atoms with Gasteiger partial charge in [-0.05, 0) is 44.4 Å². The summed E-state index contributed by atoms with van der Waals surface area (Å²) in [5.74, 6) is -0.694. The van der Waals surface area contributed by atoms with Crippen molar-refractivity contribution in [2.75, 3.05) is 18.0 Å². The van der Waals surface area contributed by atoms with E-state index in [1.807, 2.05) is 0 Å². The zero-order chi connectivity index (χ0) is 13.2. The van der Waals surface area contributed by atoms with Crippen molar-refractivity contribution >= 4 is 11.7 Å². The molecule has 1 saturated carbocycles. The van der Waals surface area contributed by atoms with Gasteiger partial charge in [-0.25, -0.2) is 0 Å². The Hall–Kier alpha value is -1.51. The second-order valence-corrected chi connectivity index (χ2v) is 5.07. The second-order valence-electron chi connectivity index (χ2n) is 5.07. The van der Waals surface area contributed by atoms with Gasteiger partial charge in [-0.2, -0.15) is 0 Å². The van der Waals surface area contributed by atoms with Gasteiger partial charge >= 0.3 is 5.97 Å². The lowest BCUT2D eigenvalue weighted by Gasteiger charge is -2.22. The van der Waals surface area contributed by atoms with Crippen molar-refractivity contribution in [3.8, 4) is 0 Å². The summed E-state index contributed by atoms with van der Waals surface area (Å²) in [6.45, 7) is 6.28. The van der Waals surface area contributed by atoms with Crippen LogP contribution in [0.25, 0.3) is 0 Å². The van der Waals surface area contributed by atoms with E-state index in [2.05, 4.69) is 43.0 Å². The van der Waals surface area contributed by atoms with E-state index in [9.17, 15) is 4.79 Å². The molecule has 1 fully saturated rings. The molecule has 1 aromatic carbocycles. The smallest absolute Gasteiger partial charge is 0.304 e. The number of benzene rings is 1. The van der Waals surface area contributed by atoms with E-state index in [-0.39, 0.29) is 11.8 Å². The van der Waals surface area contributed by atoms with Crippen LogP contribution in [0, 0.1) is 0 Å². The Morgan fingerprint density at radius 3 is 2.17 bits per heavy atom. The van der Waals surface area contributed by atoms with Crippen LogP contribution in [0.4, 0.5) is 5.69 Å². The quantitative estimate of drug-likeness (QED) is 0.840. The van der Waals surface area contributed by atoms with Crippen molar-refractivity contribution in [2.45, 2.75) is 38.5 Å². The molecule has 0 bridgehead atoms. The van der Waals surface area contributed by atoms with E-state index >= 15 is 0 Å². The van der Waals surface area contributed by atoms with Crippen LogP contribution in [0.5, 0.6) is 0 Å². The van der Waals surface area contributed by atoms with Crippen LogP contribution in [-0.4, -0.2) is 24.2 Å². The Labute approximate surface area is 108 Å². The lowest BCUT2D eigenvalue weighted by molar-refractivity contribution is -0.137. The van der Waals surface area contributed by atoms with Crippen molar-refractivity contribution < 1.29 is 9.90 Å². The monoisotopic (exact) mass is 247 g/mol. The zero-order valence-corrected chi connectivity index (χ0v) is 11.1. The molecule has 18 heavy (non-hydrogen) atoms. The molecule has 1 N–H and O–H groups in total. The molecule has 0 amide bonds. The van der Waals surface area contributed by atoms with Crippen LogP contribution in [0.15, 0.2) is 24.3 Å². The molecule has 0 atom stereocenters. The summed E-state index contributed by atoms with van der Waals surface area (Å²) >= 11 is 0. The highest BCUT2D eigenvalue weighted by atomic mass is 16.4. The molecule has 0 saturated heterocycles. The summed E-state index contributed by atoms with van der Waals surface area (Å²) in [6.07, 6.45) is 2.27. The predicted octanol–water partition coefficient (Wildman–Crippen LogP) is 3.04. The Morgan fingerprint density at radius 2 is 1.78 bits per heavy atom. The molecule has 3 heteroatoms. The SMILES string of the molecule is CCN(CC)c1ccc(C2(CC(=O)O)CC2)cc1. The summed E-state index contributed by atoms with van der Waals surface area (Å²) in [6, 6.07) is 8.43. The first-order valence-corrected chi connectivity index (χ1v) is 6.68. The molecule has 1 aromatic rings. The van der Waals surface area contributed by atoms with Gasteiger partial charge in [-0.3, -0.25) is 4.79 Å². The third-order valence-corrected chi connectivity index (χ3v) is 3.95. The van der Waals surface area contributed by atoms with Gasteiger partial charge in [0.2, 0.25) is 0 Å². The Kier molecular flexibility index (Phi) is 3.60. The molecule has 1 aliphatic rings. The van der Waals surface area contributed by atoms with E-state index in [1.54, 1.807) is 0 Å². The fourth-order valence-corrected chi connectivity index (χ4v) is 2.62. The minimum absolute atomic E-state index is 0.0758. The number of nitrogens with zero attached hydrogens (tertiary/aromatic N) is 1.